The first-order chi connectivity index (χ1) is 21.8. The zero-order valence-corrected chi connectivity index (χ0v) is 27.4. The van der Waals surface area contributed by atoms with Crippen LogP contribution < -0.4 is 21.3 Å². The number of rotatable bonds is 0. The molecule has 2 aromatic rings. The molecule has 4 atom stereocenters. The van der Waals surface area contributed by atoms with Crippen LogP contribution in [0.15, 0.2) is 48.5 Å². The van der Waals surface area contributed by atoms with Gasteiger partial charge >= 0.3 is 0 Å². The summed E-state index contributed by atoms with van der Waals surface area (Å²) in [6.45, 7) is 21.6. The molecule has 2 fully saturated rings. The van der Waals surface area contributed by atoms with Crippen LogP contribution in [0.1, 0.15) is 47.9 Å². The first kappa shape index (κ1) is 33.5. The molecule has 7 aliphatic rings. The molecule has 2 saturated heterocycles. The van der Waals surface area contributed by atoms with Gasteiger partial charge in [-0.2, -0.15) is 0 Å². The lowest BCUT2D eigenvalue weighted by molar-refractivity contribution is 0.240. The Hall–Kier alpha value is -1.88. The van der Waals surface area contributed by atoms with Crippen molar-refractivity contribution in [3.05, 3.63) is 70.8 Å². The Morgan fingerprint density at radius 3 is 1.00 bits per heavy atom. The second-order valence-electron chi connectivity index (χ2n) is 13.2. The summed E-state index contributed by atoms with van der Waals surface area (Å²) >= 11 is 0. The smallest absolute Gasteiger partial charge is 0.0234 e. The summed E-state index contributed by atoms with van der Waals surface area (Å²) in [5, 5.41) is 15.0. The molecule has 8 nitrogen and oxygen atoms in total. The molecule has 44 heavy (non-hydrogen) atoms. The molecule has 8 bridgehead atoms. The third-order valence-electron chi connectivity index (χ3n) is 9.37. The number of benzene rings is 2. The highest BCUT2D eigenvalue weighted by Crippen LogP contribution is 2.13. The molecule has 0 amide bonds. The Kier molecular flexibility index (Phi) is 14.9. The number of fused-ring (bicyclic) bond motifs is 1. The maximum absolute atomic E-state index is 3.76. The van der Waals surface area contributed by atoms with E-state index in [1.165, 1.54) is 47.9 Å². The summed E-state index contributed by atoms with van der Waals surface area (Å²) in [5.74, 6) is 0. The first-order valence-electron chi connectivity index (χ1n) is 17.7. The predicted octanol–water partition coefficient (Wildman–Crippen LogP) is 2.55. The molecule has 7 heterocycles. The van der Waals surface area contributed by atoms with E-state index in [0.29, 0.717) is 0 Å². The lowest BCUT2D eigenvalue weighted by atomic mass is 10.1. The molecule has 0 radical (unpaired) electrons. The number of hydrogen-bond acceptors (Lipinski definition) is 8. The van der Waals surface area contributed by atoms with E-state index in [2.05, 4.69) is 89.4 Å². The summed E-state index contributed by atoms with van der Waals surface area (Å²) in [6.07, 6.45) is 4.75. The molecule has 8 heteroatoms. The van der Waals surface area contributed by atoms with Gasteiger partial charge in [-0.3, -0.25) is 19.6 Å². The van der Waals surface area contributed by atoms with E-state index in [4.69, 9.17) is 0 Å². The molecule has 2 aromatic carbocycles. The second-order valence-corrected chi connectivity index (χ2v) is 13.2. The number of nitrogens with zero attached hydrogens (tertiary/aromatic N) is 4. The van der Waals surface area contributed by atoms with E-state index < -0.39 is 0 Å². The average molecular weight is 605 g/mol. The van der Waals surface area contributed by atoms with Crippen LogP contribution >= 0.6 is 0 Å². The van der Waals surface area contributed by atoms with Crippen molar-refractivity contribution in [1.29, 1.82) is 0 Å². The van der Waals surface area contributed by atoms with Gasteiger partial charge < -0.3 is 21.3 Å². The van der Waals surface area contributed by atoms with Crippen LogP contribution in [0.3, 0.4) is 0 Å². The van der Waals surface area contributed by atoms with Crippen molar-refractivity contribution in [2.24, 2.45) is 0 Å². The largest absolute Gasteiger partial charge is 0.315 e. The Morgan fingerprint density at radius 2 is 0.659 bits per heavy atom. The monoisotopic (exact) mass is 604 g/mol. The summed E-state index contributed by atoms with van der Waals surface area (Å²) in [7, 11) is 0. The minimum Gasteiger partial charge on any atom is -0.315 e. The topological polar surface area (TPSA) is 61.1 Å². The number of nitrogens with one attached hydrogen (secondary N) is 4. The lowest BCUT2D eigenvalue weighted by Gasteiger charge is -2.26. The minimum absolute atomic E-state index is 1.03. The van der Waals surface area contributed by atoms with Gasteiger partial charge in [0, 0.05) is 78.5 Å². The Labute approximate surface area is 267 Å². The van der Waals surface area contributed by atoms with E-state index in [-0.39, 0.29) is 0 Å². The summed E-state index contributed by atoms with van der Waals surface area (Å²) < 4.78 is 0. The van der Waals surface area contributed by atoms with Crippen LogP contribution in [0.2, 0.25) is 0 Å². The van der Waals surface area contributed by atoms with Crippen molar-refractivity contribution in [3.8, 4) is 0 Å². The molecule has 9 rings (SSSR count). The predicted molar refractivity (Wildman–Crippen MR) is 184 cm³/mol. The van der Waals surface area contributed by atoms with Gasteiger partial charge in [-0.15, -0.1) is 0 Å². The third kappa shape index (κ3) is 12.5. The highest BCUT2D eigenvalue weighted by atomic mass is 15.2. The lowest BCUT2D eigenvalue weighted by Crippen LogP contribution is -2.38. The van der Waals surface area contributed by atoms with Gasteiger partial charge in [0.15, 0.2) is 0 Å². The molecule has 7 aliphatic heterocycles. The van der Waals surface area contributed by atoms with Crippen molar-refractivity contribution in [2.75, 3.05) is 105 Å². The highest BCUT2D eigenvalue weighted by Gasteiger charge is 2.13. The summed E-state index contributed by atoms with van der Waals surface area (Å²) in [6, 6.07) is 18.9. The van der Waals surface area contributed by atoms with Crippen molar-refractivity contribution in [1.82, 2.24) is 40.9 Å². The molecule has 0 spiro atoms. The zero-order valence-electron chi connectivity index (χ0n) is 27.4. The molecular formula is C36H60N8. The van der Waals surface area contributed by atoms with Gasteiger partial charge in [0.2, 0.25) is 0 Å². The number of hydrogen-bond donors (Lipinski definition) is 4. The van der Waals surface area contributed by atoms with E-state index in [1.807, 2.05) is 0 Å². The van der Waals surface area contributed by atoms with E-state index in [1.54, 1.807) is 0 Å². The molecular weight excluding hydrogens is 544 g/mol. The fraction of sp³-hybridized carbons (Fsp3) is 0.667. The van der Waals surface area contributed by atoms with E-state index >= 15 is 0 Å². The molecule has 0 aliphatic carbocycles. The van der Waals surface area contributed by atoms with Crippen LogP contribution in [0, 0.1) is 0 Å². The van der Waals surface area contributed by atoms with Crippen LogP contribution in [0.4, 0.5) is 0 Å². The van der Waals surface area contributed by atoms with Gasteiger partial charge in [0.25, 0.3) is 0 Å². The fourth-order valence-electron chi connectivity index (χ4n) is 6.85. The SMILES string of the molecule is c1cc2cc(c1)CN1CCCNCCN(CCCNCC1)Cc1ccc(cc1)CN1CCCNCCN(CCCNCC1)C2. The molecule has 244 valence electrons. The normalized spacial score (nSPS) is 28.2. The van der Waals surface area contributed by atoms with Crippen LogP contribution in [0.5, 0.6) is 0 Å². The quantitative estimate of drug-likeness (QED) is 0.366. The zero-order chi connectivity index (χ0) is 30.1. The molecule has 4 N–H and O–H groups in total. The first-order valence-corrected chi connectivity index (χ1v) is 17.7. The van der Waals surface area contributed by atoms with Crippen LogP contribution in [0.25, 0.3) is 0 Å². The molecule has 0 aromatic heterocycles. The average Bonchev–Trinajstić information content (AvgIpc) is 3.03. The summed E-state index contributed by atoms with van der Waals surface area (Å²) in [4.78, 5) is 10.6. The molecule has 0 saturated carbocycles. The third-order valence-corrected chi connectivity index (χ3v) is 9.37. The van der Waals surface area contributed by atoms with Gasteiger partial charge in [-0.05, 0) is 100 Å². The standard InChI is InChI=1S/C36H60N8/c1-6-35-28-36(7-1)32-44-23-5-15-38-17-25-42(21-3-13-40-19-27-44)30-34-10-8-33(9-11-34)29-41-20-2-12-39-18-26-43(31-35)22-4-14-37-16-24-41/h1,6-11,28,37-40H,2-5,12-27,29-32H2. The van der Waals surface area contributed by atoms with Crippen molar-refractivity contribution in [2.45, 2.75) is 51.9 Å². The van der Waals surface area contributed by atoms with Gasteiger partial charge in [-0.1, -0.05) is 48.5 Å². The minimum atomic E-state index is 1.03. The highest BCUT2D eigenvalue weighted by molar-refractivity contribution is 5.24. The van der Waals surface area contributed by atoms with Crippen molar-refractivity contribution in [3.63, 3.8) is 0 Å². The summed E-state index contributed by atoms with van der Waals surface area (Å²) in [5.41, 5.74) is 5.76. The van der Waals surface area contributed by atoms with E-state index in [9.17, 15) is 0 Å². The van der Waals surface area contributed by atoms with Crippen molar-refractivity contribution < 1.29 is 0 Å². The Bertz CT molecular complexity index is 936. The van der Waals surface area contributed by atoms with Gasteiger partial charge in [-0.25, -0.2) is 0 Å². The second kappa shape index (κ2) is 19.6. The van der Waals surface area contributed by atoms with Gasteiger partial charge in [0.1, 0.15) is 0 Å². The van der Waals surface area contributed by atoms with Crippen LogP contribution in [-0.4, -0.2) is 124 Å². The molecule has 4 unspecified atom stereocenters. The Morgan fingerprint density at radius 1 is 0.341 bits per heavy atom. The Balaban J connectivity index is 1.32. The fourth-order valence-corrected chi connectivity index (χ4v) is 6.85. The van der Waals surface area contributed by atoms with Gasteiger partial charge in [0.05, 0.1) is 0 Å². The van der Waals surface area contributed by atoms with Crippen molar-refractivity contribution >= 4 is 0 Å². The maximum atomic E-state index is 3.76. The van der Waals surface area contributed by atoms with Crippen LogP contribution in [-0.2, 0) is 26.2 Å². The maximum Gasteiger partial charge on any atom is 0.0234 e. The van der Waals surface area contributed by atoms with E-state index in [0.717, 1.165) is 131 Å².